The van der Waals surface area contributed by atoms with Crippen molar-refractivity contribution in [3.05, 3.63) is 53.3 Å². The maximum atomic E-state index is 12.5. The largest absolute Gasteiger partial charge is 0.348 e. The Hall–Kier alpha value is -2.14. The van der Waals surface area contributed by atoms with Crippen LogP contribution in [0.4, 0.5) is 0 Å². The first-order chi connectivity index (χ1) is 13.3. The number of H-pyrrole nitrogens is 1. The average Bonchev–Trinajstić information content (AvgIpc) is 3.39. The Bertz CT molecular complexity index is 736. The normalized spacial score (nSPS) is 21.4. The molecule has 2 aliphatic rings. The van der Waals surface area contributed by atoms with Gasteiger partial charge < -0.3 is 5.32 Å². The number of piperidine rings is 1. The molecule has 27 heavy (non-hydrogen) atoms. The molecule has 2 fully saturated rings. The van der Waals surface area contributed by atoms with Gasteiger partial charge in [0.15, 0.2) is 0 Å². The van der Waals surface area contributed by atoms with Gasteiger partial charge in [-0.3, -0.25) is 14.8 Å². The molecule has 0 spiro atoms. The number of hydrogen-bond donors (Lipinski definition) is 2. The summed E-state index contributed by atoms with van der Waals surface area (Å²) in [5, 5.41) is 10.6. The standard InChI is InChI=1S/C22H30N4O/c27-22(23-18-10-4-5-11-18)20-16-19(24-25-20)21-12-6-7-14-26(21)15-13-17-8-2-1-3-9-17/h1-3,8-9,16,18,21H,4-7,10-15H2,(H,23,27)(H,24,25)/t21-/m0/s1. The minimum atomic E-state index is -0.0314. The van der Waals surface area contributed by atoms with Crippen molar-refractivity contribution in [3.8, 4) is 0 Å². The lowest BCUT2D eigenvalue weighted by Gasteiger charge is -2.35. The molecule has 2 N–H and O–H groups in total. The average molecular weight is 367 g/mol. The van der Waals surface area contributed by atoms with E-state index in [9.17, 15) is 4.79 Å². The van der Waals surface area contributed by atoms with E-state index in [4.69, 9.17) is 0 Å². The molecule has 5 heteroatoms. The topological polar surface area (TPSA) is 61.0 Å². The summed E-state index contributed by atoms with van der Waals surface area (Å²) in [6.45, 7) is 2.15. The highest BCUT2D eigenvalue weighted by atomic mass is 16.2. The highest BCUT2D eigenvalue weighted by Gasteiger charge is 2.27. The fourth-order valence-corrected chi connectivity index (χ4v) is 4.48. The van der Waals surface area contributed by atoms with Crippen LogP contribution in [0.15, 0.2) is 36.4 Å². The Balaban J connectivity index is 1.39. The van der Waals surface area contributed by atoms with Gasteiger partial charge in [-0.05, 0) is 50.3 Å². The van der Waals surface area contributed by atoms with Crippen molar-refractivity contribution < 1.29 is 4.79 Å². The second-order valence-electron chi connectivity index (χ2n) is 7.95. The van der Waals surface area contributed by atoms with Crippen molar-refractivity contribution >= 4 is 5.91 Å². The van der Waals surface area contributed by atoms with Crippen LogP contribution in [-0.2, 0) is 6.42 Å². The third kappa shape index (κ3) is 4.59. The van der Waals surface area contributed by atoms with E-state index in [0.29, 0.717) is 17.8 Å². The van der Waals surface area contributed by atoms with Crippen LogP contribution in [0.25, 0.3) is 0 Å². The summed E-state index contributed by atoms with van der Waals surface area (Å²) in [5.41, 5.74) is 2.99. The Morgan fingerprint density at radius 2 is 1.89 bits per heavy atom. The molecule has 1 saturated carbocycles. The zero-order valence-electron chi connectivity index (χ0n) is 16.0. The molecule has 0 unspecified atom stereocenters. The molecule has 144 valence electrons. The van der Waals surface area contributed by atoms with E-state index in [1.165, 1.54) is 31.2 Å². The number of nitrogens with zero attached hydrogens (tertiary/aromatic N) is 2. The molecular weight excluding hydrogens is 336 g/mol. The second kappa shape index (κ2) is 8.70. The number of rotatable bonds is 6. The summed E-state index contributed by atoms with van der Waals surface area (Å²) < 4.78 is 0. The lowest BCUT2D eigenvalue weighted by Crippen LogP contribution is -2.35. The van der Waals surface area contributed by atoms with E-state index in [2.05, 4.69) is 50.7 Å². The number of benzene rings is 1. The van der Waals surface area contributed by atoms with Crippen LogP contribution in [-0.4, -0.2) is 40.1 Å². The molecule has 0 radical (unpaired) electrons. The zero-order valence-corrected chi connectivity index (χ0v) is 16.0. The maximum absolute atomic E-state index is 12.5. The van der Waals surface area contributed by atoms with Crippen molar-refractivity contribution in [2.24, 2.45) is 0 Å². The van der Waals surface area contributed by atoms with E-state index in [0.717, 1.165) is 44.5 Å². The van der Waals surface area contributed by atoms with E-state index >= 15 is 0 Å². The molecule has 1 atom stereocenters. The smallest absolute Gasteiger partial charge is 0.271 e. The van der Waals surface area contributed by atoms with Gasteiger partial charge in [-0.25, -0.2) is 0 Å². The zero-order chi connectivity index (χ0) is 18.5. The Morgan fingerprint density at radius 1 is 1.11 bits per heavy atom. The third-order valence-corrected chi connectivity index (χ3v) is 6.02. The van der Waals surface area contributed by atoms with Crippen LogP contribution in [0.1, 0.15) is 72.7 Å². The highest BCUT2D eigenvalue weighted by molar-refractivity contribution is 5.92. The number of amides is 1. The Labute approximate surface area is 161 Å². The molecule has 2 heterocycles. The van der Waals surface area contributed by atoms with Crippen LogP contribution < -0.4 is 5.32 Å². The first kappa shape index (κ1) is 18.2. The summed E-state index contributed by atoms with van der Waals surface area (Å²) in [7, 11) is 0. The number of carbonyl (C=O) groups is 1. The lowest BCUT2D eigenvalue weighted by atomic mass is 9.98. The predicted octanol–water partition coefficient (Wildman–Crippen LogP) is 3.85. The number of aromatic nitrogens is 2. The van der Waals surface area contributed by atoms with Crippen molar-refractivity contribution in [1.82, 2.24) is 20.4 Å². The highest BCUT2D eigenvalue weighted by Crippen LogP contribution is 2.30. The van der Waals surface area contributed by atoms with Crippen LogP contribution in [0.2, 0.25) is 0 Å². The Kier molecular flexibility index (Phi) is 5.87. The molecular formula is C22H30N4O. The van der Waals surface area contributed by atoms with Crippen LogP contribution in [0.5, 0.6) is 0 Å². The predicted molar refractivity (Wildman–Crippen MR) is 107 cm³/mol. The molecule has 5 nitrogen and oxygen atoms in total. The summed E-state index contributed by atoms with van der Waals surface area (Å²) >= 11 is 0. The van der Waals surface area contributed by atoms with Crippen LogP contribution >= 0.6 is 0 Å². The molecule has 1 saturated heterocycles. The van der Waals surface area contributed by atoms with Gasteiger partial charge in [0, 0.05) is 12.6 Å². The monoisotopic (exact) mass is 366 g/mol. The molecule has 1 aromatic heterocycles. The van der Waals surface area contributed by atoms with Crippen molar-refractivity contribution in [1.29, 1.82) is 0 Å². The number of carbonyl (C=O) groups excluding carboxylic acids is 1. The van der Waals surface area contributed by atoms with Gasteiger partial charge in [0.05, 0.1) is 11.7 Å². The molecule has 1 aliphatic carbocycles. The maximum Gasteiger partial charge on any atom is 0.271 e. The summed E-state index contributed by atoms with van der Waals surface area (Å²) in [6, 6.07) is 13.3. The van der Waals surface area contributed by atoms with Crippen molar-refractivity contribution in [3.63, 3.8) is 0 Å². The number of likely N-dealkylation sites (tertiary alicyclic amines) is 1. The molecule has 2 aromatic rings. The third-order valence-electron chi connectivity index (χ3n) is 6.02. The van der Waals surface area contributed by atoms with Gasteiger partial charge in [-0.2, -0.15) is 5.10 Å². The van der Waals surface area contributed by atoms with E-state index in [-0.39, 0.29) is 5.91 Å². The molecule has 1 amide bonds. The van der Waals surface area contributed by atoms with Crippen molar-refractivity contribution in [2.75, 3.05) is 13.1 Å². The quantitative estimate of drug-likeness (QED) is 0.816. The molecule has 0 bridgehead atoms. The fourth-order valence-electron chi connectivity index (χ4n) is 4.48. The molecule has 1 aromatic carbocycles. The van der Waals surface area contributed by atoms with Gasteiger partial charge in [0.25, 0.3) is 5.91 Å². The summed E-state index contributed by atoms with van der Waals surface area (Å²) in [6.07, 6.45) is 9.28. The van der Waals surface area contributed by atoms with E-state index in [1.54, 1.807) is 0 Å². The number of nitrogens with one attached hydrogen (secondary N) is 2. The molecule has 4 rings (SSSR count). The van der Waals surface area contributed by atoms with Crippen LogP contribution in [0.3, 0.4) is 0 Å². The lowest BCUT2D eigenvalue weighted by molar-refractivity contribution is 0.0932. The Morgan fingerprint density at radius 3 is 2.70 bits per heavy atom. The SMILES string of the molecule is O=C(NC1CCCC1)c1cc([C@@H]2CCCCN2CCc2ccccc2)[nH]n1. The van der Waals surface area contributed by atoms with Crippen LogP contribution in [0, 0.1) is 0 Å². The van der Waals surface area contributed by atoms with E-state index < -0.39 is 0 Å². The van der Waals surface area contributed by atoms with Gasteiger partial charge in [0.1, 0.15) is 5.69 Å². The summed E-state index contributed by atoms with van der Waals surface area (Å²) in [5.74, 6) is -0.0314. The fraction of sp³-hybridized carbons (Fsp3) is 0.545. The number of hydrogen-bond acceptors (Lipinski definition) is 3. The van der Waals surface area contributed by atoms with Gasteiger partial charge in [-0.1, -0.05) is 49.6 Å². The van der Waals surface area contributed by atoms with Gasteiger partial charge >= 0.3 is 0 Å². The minimum Gasteiger partial charge on any atom is -0.348 e. The number of aromatic amines is 1. The first-order valence-electron chi connectivity index (χ1n) is 10.4. The second-order valence-corrected chi connectivity index (χ2v) is 7.95. The summed E-state index contributed by atoms with van der Waals surface area (Å²) in [4.78, 5) is 15.0. The van der Waals surface area contributed by atoms with E-state index in [1.807, 2.05) is 6.07 Å². The first-order valence-corrected chi connectivity index (χ1v) is 10.4. The van der Waals surface area contributed by atoms with Crippen molar-refractivity contribution in [2.45, 2.75) is 63.5 Å². The van der Waals surface area contributed by atoms with Gasteiger partial charge in [0.2, 0.25) is 0 Å². The molecule has 1 aliphatic heterocycles. The van der Waals surface area contributed by atoms with Gasteiger partial charge in [-0.15, -0.1) is 0 Å². The minimum absolute atomic E-state index is 0.0314.